The average Bonchev–Trinajstić information content (AvgIpc) is 3.31. The van der Waals surface area contributed by atoms with Gasteiger partial charge in [-0.05, 0) is 54.3 Å². The Morgan fingerprint density at radius 2 is 2.00 bits per heavy atom. The fraction of sp³-hybridized carbons (Fsp3) is 0.273. The number of ether oxygens (including phenoxy) is 1. The molecule has 0 amide bonds. The zero-order chi connectivity index (χ0) is 23.4. The highest BCUT2D eigenvalue weighted by Gasteiger charge is 2.51. The molecule has 32 heavy (non-hydrogen) atoms. The second kappa shape index (κ2) is 7.57. The Balaban J connectivity index is 2.14. The summed E-state index contributed by atoms with van der Waals surface area (Å²) in [6.45, 7) is 5.39. The molecule has 0 aliphatic carbocycles. The van der Waals surface area contributed by atoms with Gasteiger partial charge in [-0.3, -0.25) is 5.10 Å². The number of alkyl halides is 3. The van der Waals surface area contributed by atoms with Crippen molar-refractivity contribution in [2.45, 2.75) is 32.4 Å². The summed E-state index contributed by atoms with van der Waals surface area (Å²) >= 11 is 7.22. The summed E-state index contributed by atoms with van der Waals surface area (Å²) < 4.78 is 47.9. The number of thiophene rings is 1. The molecule has 0 bridgehead atoms. The van der Waals surface area contributed by atoms with Gasteiger partial charge in [-0.25, -0.2) is 0 Å². The third kappa shape index (κ3) is 3.26. The van der Waals surface area contributed by atoms with Crippen molar-refractivity contribution >= 4 is 22.9 Å². The average molecular weight is 479 g/mol. The lowest BCUT2D eigenvalue weighted by molar-refractivity contribution is -0.137. The Bertz CT molecular complexity index is 1290. The molecule has 1 atom stereocenters. The SMILES string of the molecule is Cc1[nH]nc2c1C(c1cc(-c3ccc(Cl)s3)cc(C(F)(F)F)c1)(C(C)C)C(C#N)=C(N)O2. The number of aromatic nitrogens is 2. The van der Waals surface area contributed by atoms with Gasteiger partial charge in [0, 0.05) is 10.6 Å². The van der Waals surface area contributed by atoms with Gasteiger partial charge in [0.25, 0.3) is 0 Å². The van der Waals surface area contributed by atoms with Crippen molar-refractivity contribution in [2.75, 3.05) is 0 Å². The zero-order valence-electron chi connectivity index (χ0n) is 17.3. The Labute approximate surface area is 191 Å². The highest BCUT2D eigenvalue weighted by molar-refractivity contribution is 7.19. The molecular formula is C22H18ClF3N4OS. The molecule has 166 valence electrons. The number of hydrogen-bond donors (Lipinski definition) is 2. The maximum absolute atomic E-state index is 14.0. The van der Waals surface area contributed by atoms with Crippen molar-refractivity contribution in [3.05, 3.63) is 68.5 Å². The second-order valence-electron chi connectivity index (χ2n) is 7.85. The van der Waals surface area contributed by atoms with Crippen LogP contribution >= 0.6 is 22.9 Å². The smallest absolute Gasteiger partial charge is 0.416 e. The van der Waals surface area contributed by atoms with E-state index in [1.54, 1.807) is 25.1 Å². The molecule has 0 spiro atoms. The van der Waals surface area contributed by atoms with Crippen molar-refractivity contribution in [1.82, 2.24) is 10.2 Å². The molecule has 1 aliphatic heterocycles. The molecule has 0 radical (unpaired) electrons. The van der Waals surface area contributed by atoms with Crippen LogP contribution in [-0.2, 0) is 11.6 Å². The number of nitrogens with two attached hydrogens (primary N) is 1. The Kier molecular flexibility index (Phi) is 5.26. The predicted octanol–water partition coefficient (Wildman–Crippen LogP) is 6.15. The highest BCUT2D eigenvalue weighted by Crippen LogP contribution is 2.53. The lowest BCUT2D eigenvalue weighted by Crippen LogP contribution is -2.41. The van der Waals surface area contributed by atoms with E-state index in [-0.39, 0.29) is 28.8 Å². The van der Waals surface area contributed by atoms with Crippen LogP contribution in [0.25, 0.3) is 10.4 Å². The summed E-state index contributed by atoms with van der Waals surface area (Å²) in [6, 6.07) is 9.21. The third-order valence-electron chi connectivity index (χ3n) is 5.71. The summed E-state index contributed by atoms with van der Waals surface area (Å²) in [5, 5.41) is 17.0. The third-order valence-corrected chi connectivity index (χ3v) is 6.99. The first kappa shape index (κ1) is 22.2. The van der Waals surface area contributed by atoms with Gasteiger partial charge in [0.05, 0.1) is 20.9 Å². The number of aryl methyl sites for hydroxylation is 1. The van der Waals surface area contributed by atoms with E-state index in [0.29, 0.717) is 26.0 Å². The molecule has 1 aliphatic rings. The topological polar surface area (TPSA) is 87.7 Å². The minimum Gasteiger partial charge on any atom is -0.420 e. The molecule has 0 saturated carbocycles. The van der Waals surface area contributed by atoms with Crippen molar-refractivity contribution in [3.63, 3.8) is 0 Å². The molecule has 1 unspecified atom stereocenters. The number of benzene rings is 1. The predicted molar refractivity (Wildman–Crippen MR) is 116 cm³/mol. The van der Waals surface area contributed by atoms with E-state index in [4.69, 9.17) is 22.1 Å². The number of halogens is 4. The van der Waals surface area contributed by atoms with Gasteiger partial charge in [0.2, 0.25) is 11.8 Å². The minimum absolute atomic E-state index is 0.0407. The van der Waals surface area contributed by atoms with Crippen LogP contribution in [-0.4, -0.2) is 10.2 Å². The summed E-state index contributed by atoms with van der Waals surface area (Å²) in [5.74, 6) is -0.401. The van der Waals surface area contributed by atoms with Crippen LogP contribution in [0.5, 0.6) is 5.88 Å². The fourth-order valence-electron chi connectivity index (χ4n) is 4.39. The van der Waals surface area contributed by atoms with Crippen molar-refractivity contribution < 1.29 is 17.9 Å². The Hall–Kier alpha value is -2.96. The lowest BCUT2D eigenvalue weighted by Gasteiger charge is -2.41. The van der Waals surface area contributed by atoms with E-state index in [1.165, 1.54) is 11.3 Å². The van der Waals surface area contributed by atoms with Crippen LogP contribution in [0.1, 0.15) is 36.2 Å². The Morgan fingerprint density at radius 1 is 1.28 bits per heavy atom. The zero-order valence-corrected chi connectivity index (χ0v) is 18.8. The van der Waals surface area contributed by atoms with Crippen LogP contribution in [0, 0.1) is 24.2 Å². The van der Waals surface area contributed by atoms with Gasteiger partial charge in [-0.2, -0.15) is 18.4 Å². The molecule has 0 fully saturated rings. The molecule has 3 aromatic rings. The van der Waals surface area contributed by atoms with Gasteiger partial charge >= 0.3 is 6.18 Å². The first-order valence-corrected chi connectivity index (χ1v) is 10.8. The van der Waals surface area contributed by atoms with Gasteiger partial charge in [0.15, 0.2) is 0 Å². The number of fused-ring (bicyclic) bond motifs is 1. The molecule has 2 aromatic heterocycles. The van der Waals surface area contributed by atoms with Crippen molar-refractivity contribution in [1.29, 1.82) is 5.26 Å². The number of nitriles is 1. The van der Waals surface area contributed by atoms with E-state index in [1.807, 2.05) is 13.8 Å². The molecular weight excluding hydrogens is 461 g/mol. The van der Waals surface area contributed by atoms with E-state index >= 15 is 0 Å². The Morgan fingerprint density at radius 3 is 2.56 bits per heavy atom. The van der Waals surface area contributed by atoms with Gasteiger partial charge < -0.3 is 10.5 Å². The maximum atomic E-state index is 14.0. The summed E-state index contributed by atoms with van der Waals surface area (Å²) in [4.78, 5) is 0.577. The molecule has 3 heterocycles. The van der Waals surface area contributed by atoms with Crippen molar-refractivity contribution in [3.8, 4) is 22.4 Å². The van der Waals surface area contributed by atoms with Gasteiger partial charge in [-0.1, -0.05) is 25.4 Å². The van der Waals surface area contributed by atoms with Crippen LogP contribution < -0.4 is 10.5 Å². The molecule has 10 heteroatoms. The van der Waals surface area contributed by atoms with Gasteiger partial charge in [-0.15, -0.1) is 16.4 Å². The number of nitrogens with one attached hydrogen (secondary N) is 1. The molecule has 3 N–H and O–H groups in total. The van der Waals surface area contributed by atoms with E-state index in [0.717, 1.165) is 12.1 Å². The maximum Gasteiger partial charge on any atom is 0.416 e. The van der Waals surface area contributed by atoms with Crippen molar-refractivity contribution in [2.24, 2.45) is 11.7 Å². The number of nitrogens with zero attached hydrogens (tertiary/aromatic N) is 2. The number of hydrogen-bond acceptors (Lipinski definition) is 5. The molecule has 0 saturated heterocycles. The van der Waals surface area contributed by atoms with Crippen LogP contribution in [0.4, 0.5) is 13.2 Å². The van der Waals surface area contributed by atoms with Crippen LogP contribution in [0.2, 0.25) is 4.34 Å². The lowest BCUT2D eigenvalue weighted by atomic mass is 9.61. The minimum atomic E-state index is -4.61. The standard InChI is InChI=1S/C22H18ClF3N4OS/c1-10(2)21(15(9-27)19(28)31-20-18(21)11(3)29-30-20)13-6-12(16-4-5-17(23)32-16)7-14(8-13)22(24,25)26/h4-8,10H,28H2,1-3H3,(H,29,30). The molecule has 4 rings (SSSR count). The van der Waals surface area contributed by atoms with E-state index < -0.39 is 17.2 Å². The van der Waals surface area contributed by atoms with Gasteiger partial charge in [0.1, 0.15) is 11.6 Å². The fourth-order valence-corrected chi connectivity index (χ4v) is 5.42. The van der Waals surface area contributed by atoms with Crippen LogP contribution in [0.3, 0.4) is 0 Å². The first-order chi connectivity index (χ1) is 15.0. The largest absolute Gasteiger partial charge is 0.420 e. The van der Waals surface area contributed by atoms with Crippen LogP contribution in [0.15, 0.2) is 41.8 Å². The van der Waals surface area contributed by atoms with E-state index in [9.17, 15) is 18.4 Å². The monoisotopic (exact) mass is 478 g/mol. The summed E-state index contributed by atoms with van der Waals surface area (Å²) in [5.41, 5.74) is 5.67. The second-order valence-corrected chi connectivity index (χ2v) is 9.56. The number of H-pyrrole nitrogens is 1. The number of allylic oxidation sites excluding steroid dienone is 1. The normalized spacial score (nSPS) is 18.5. The first-order valence-electron chi connectivity index (χ1n) is 9.62. The number of rotatable bonds is 3. The summed E-state index contributed by atoms with van der Waals surface area (Å²) in [6.07, 6.45) is -4.61. The highest BCUT2D eigenvalue weighted by atomic mass is 35.5. The summed E-state index contributed by atoms with van der Waals surface area (Å²) in [7, 11) is 0. The number of aromatic amines is 1. The molecule has 5 nitrogen and oxygen atoms in total. The quantitative estimate of drug-likeness (QED) is 0.472. The van der Waals surface area contributed by atoms with E-state index in [2.05, 4.69) is 16.3 Å². The molecule has 1 aromatic carbocycles.